The summed E-state index contributed by atoms with van der Waals surface area (Å²) in [6.45, 7) is 0.177. The molecule has 0 spiro atoms. The van der Waals surface area contributed by atoms with E-state index in [9.17, 15) is 9.59 Å². The largest absolute Gasteiger partial charge is 0.354 e. The Morgan fingerprint density at radius 1 is 1.46 bits per heavy atom. The molecule has 1 aliphatic heterocycles. The summed E-state index contributed by atoms with van der Waals surface area (Å²) in [5, 5.41) is 2.40. The molecule has 0 atom stereocenters. The lowest BCUT2D eigenvalue weighted by atomic mass is 10.5. The highest BCUT2D eigenvalue weighted by atomic mass is 16.7. The molecule has 0 aromatic carbocycles. The van der Waals surface area contributed by atoms with E-state index in [2.05, 4.69) is 5.32 Å². The molecule has 0 radical (unpaired) electrons. The zero-order valence-electron chi connectivity index (χ0n) is 7.57. The van der Waals surface area contributed by atoms with Crippen LogP contribution in [0.2, 0.25) is 0 Å². The number of carbonyl (C=O) groups is 2. The smallest absolute Gasteiger partial charge is 0.324 e. The minimum absolute atomic E-state index is 0.0545. The van der Waals surface area contributed by atoms with Gasteiger partial charge in [0, 0.05) is 14.2 Å². The van der Waals surface area contributed by atoms with Gasteiger partial charge in [0.05, 0.1) is 13.1 Å². The first-order chi connectivity index (χ1) is 6.19. The first kappa shape index (κ1) is 9.94. The van der Waals surface area contributed by atoms with Gasteiger partial charge in [-0.1, -0.05) is 0 Å². The average molecular weight is 188 g/mol. The summed E-state index contributed by atoms with van der Waals surface area (Å²) < 4.78 is 9.72. The van der Waals surface area contributed by atoms with Crippen molar-refractivity contribution in [3.63, 3.8) is 0 Å². The molecule has 0 aromatic rings. The number of urea groups is 1. The van der Waals surface area contributed by atoms with E-state index in [1.165, 1.54) is 14.2 Å². The van der Waals surface area contributed by atoms with Gasteiger partial charge in [-0.2, -0.15) is 0 Å². The number of nitrogens with zero attached hydrogens (tertiary/aromatic N) is 1. The van der Waals surface area contributed by atoms with Gasteiger partial charge in [0.25, 0.3) is 0 Å². The fourth-order valence-electron chi connectivity index (χ4n) is 1.03. The van der Waals surface area contributed by atoms with Crippen molar-refractivity contribution in [3.8, 4) is 0 Å². The molecule has 0 saturated carbocycles. The number of imide groups is 1. The molecule has 3 amide bonds. The van der Waals surface area contributed by atoms with Gasteiger partial charge in [-0.05, 0) is 0 Å². The third kappa shape index (κ3) is 2.16. The van der Waals surface area contributed by atoms with E-state index in [0.29, 0.717) is 0 Å². The Morgan fingerprint density at radius 2 is 2.08 bits per heavy atom. The fraction of sp³-hybridized carbons (Fsp3) is 0.714. The standard InChI is InChI=1S/C7H12N2O4/c1-12-6(13-2)4-9-5(10)3-8-7(9)11/h6H,3-4H2,1-2H3,(H,8,11). The molecule has 1 heterocycles. The predicted octanol–water partition coefficient (Wildman–Crippen LogP) is -0.843. The van der Waals surface area contributed by atoms with Crippen LogP contribution in [0.3, 0.4) is 0 Å². The zero-order chi connectivity index (χ0) is 9.84. The molecule has 0 aliphatic carbocycles. The molecule has 13 heavy (non-hydrogen) atoms. The van der Waals surface area contributed by atoms with Crippen LogP contribution in [0.4, 0.5) is 4.79 Å². The molecule has 74 valence electrons. The third-order valence-corrected chi connectivity index (χ3v) is 1.79. The minimum atomic E-state index is -0.562. The second-order valence-corrected chi connectivity index (χ2v) is 2.56. The summed E-state index contributed by atoms with van der Waals surface area (Å²) >= 11 is 0. The number of amides is 3. The SMILES string of the molecule is COC(CN1C(=O)CNC1=O)OC. The Morgan fingerprint density at radius 3 is 2.46 bits per heavy atom. The van der Waals surface area contributed by atoms with E-state index in [1.807, 2.05) is 0 Å². The van der Waals surface area contributed by atoms with Crippen molar-refractivity contribution in [1.82, 2.24) is 10.2 Å². The number of ether oxygens (including phenoxy) is 2. The molecular formula is C7H12N2O4. The molecule has 1 aliphatic rings. The Kier molecular flexibility index (Phi) is 3.21. The van der Waals surface area contributed by atoms with Gasteiger partial charge in [0.2, 0.25) is 5.91 Å². The van der Waals surface area contributed by atoms with Crippen molar-refractivity contribution in [2.45, 2.75) is 6.29 Å². The second-order valence-electron chi connectivity index (χ2n) is 2.56. The molecule has 6 heteroatoms. The Hall–Kier alpha value is -1.14. The average Bonchev–Trinajstić information content (AvgIpc) is 2.44. The lowest BCUT2D eigenvalue weighted by Gasteiger charge is -2.18. The van der Waals surface area contributed by atoms with Crippen LogP contribution in [0.1, 0.15) is 0 Å². The lowest BCUT2D eigenvalue weighted by Crippen LogP contribution is -2.39. The van der Waals surface area contributed by atoms with E-state index in [4.69, 9.17) is 9.47 Å². The van der Waals surface area contributed by atoms with Gasteiger partial charge < -0.3 is 14.8 Å². The Labute approximate surface area is 75.8 Å². The topological polar surface area (TPSA) is 67.9 Å². The monoisotopic (exact) mass is 188 g/mol. The predicted molar refractivity (Wildman–Crippen MR) is 42.9 cm³/mol. The molecular weight excluding hydrogens is 176 g/mol. The number of nitrogens with one attached hydrogen (secondary N) is 1. The maximum atomic E-state index is 11.1. The van der Waals surface area contributed by atoms with Crippen molar-refractivity contribution < 1.29 is 19.1 Å². The van der Waals surface area contributed by atoms with Crippen molar-refractivity contribution in [1.29, 1.82) is 0 Å². The van der Waals surface area contributed by atoms with Crippen LogP contribution in [0.15, 0.2) is 0 Å². The quantitative estimate of drug-likeness (QED) is 0.461. The summed E-state index contributed by atoms with van der Waals surface area (Å²) in [6.07, 6.45) is -0.562. The van der Waals surface area contributed by atoms with Gasteiger partial charge in [-0.25, -0.2) is 4.79 Å². The molecule has 1 rings (SSSR count). The third-order valence-electron chi connectivity index (χ3n) is 1.79. The van der Waals surface area contributed by atoms with Crippen LogP contribution < -0.4 is 5.32 Å². The summed E-state index contributed by atoms with van der Waals surface area (Å²) in [6, 6.07) is -0.399. The molecule has 1 fully saturated rings. The van der Waals surface area contributed by atoms with Gasteiger partial charge in [0.1, 0.15) is 0 Å². The number of hydrogen-bond donors (Lipinski definition) is 1. The van der Waals surface area contributed by atoms with Crippen molar-refractivity contribution >= 4 is 11.9 Å². The van der Waals surface area contributed by atoms with E-state index in [1.54, 1.807) is 0 Å². The molecule has 0 unspecified atom stereocenters. The molecule has 6 nitrogen and oxygen atoms in total. The number of carbonyl (C=O) groups excluding carboxylic acids is 2. The normalized spacial score (nSPS) is 17.0. The Bertz CT molecular complexity index is 199. The van der Waals surface area contributed by atoms with Crippen molar-refractivity contribution in [2.75, 3.05) is 27.3 Å². The highest BCUT2D eigenvalue weighted by molar-refractivity contribution is 6.01. The first-order valence-electron chi connectivity index (χ1n) is 3.82. The molecule has 0 aromatic heterocycles. The van der Waals surface area contributed by atoms with Crippen LogP contribution in [-0.2, 0) is 14.3 Å². The maximum absolute atomic E-state index is 11.1. The highest BCUT2D eigenvalue weighted by Gasteiger charge is 2.30. The molecule has 1 saturated heterocycles. The van der Waals surface area contributed by atoms with E-state index < -0.39 is 12.3 Å². The van der Waals surface area contributed by atoms with Crippen LogP contribution in [0, 0.1) is 0 Å². The van der Waals surface area contributed by atoms with Crippen LogP contribution in [0.5, 0.6) is 0 Å². The zero-order valence-corrected chi connectivity index (χ0v) is 7.57. The van der Waals surface area contributed by atoms with E-state index >= 15 is 0 Å². The molecule has 1 N–H and O–H groups in total. The number of methoxy groups -OCH3 is 2. The summed E-state index contributed by atoms with van der Waals surface area (Å²) in [7, 11) is 2.90. The van der Waals surface area contributed by atoms with Crippen LogP contribution >= 0.6 is 0 Å². The summed E-state index contributed by atoms with van der Waals surface area (Å²) in [5.74, 6) is -0.260. The fourth-order valence-corrected chi connectivity index (χ4v) is 1.03. The number of hydrogen-bond acceptors (Lipinski definition) is 4. The second kappa shape index (κ2) is 4.20. The van der Waals surface area contributed by atoms with Crippen LogP contribution in [0.25, 0.3) is 0 Å². The van der Waals surface area contributed by atoms with Crippen molar-refractivity contribution in [3.05, 3.63) is 0 Å². The number of rotatable bonds is 4. The van der Waals surface area contributed by atoms with Gasteiger partial charge >= 0.3 is 6.03 Å². The summed E-state index contributed by atoms with van der Waals surface area (Å²) in [4.78, 5) is 23.2. The van der Waals surface area contributed by atoms with E-state index in [-0.39, 0.29) is 19.0 Å². The molecule has 0 bridgehead atoms. The van der Waals surface area contributed by atoms with Gasteiger partial charge in [-0.15, -0.1) is 0 Å². The minimum Gasteiger partial charge on any atom is -0.354 e. The van der Waals surface area contributed by atoms with Gasteiger partial charge in [-0.3, -0.25) is 9.69 Å². The highest BCUT2D eigenvalue weighted by Crippen LogP contribution is 2.02. The van der Waals surface area contributed by atoms with Crippen molar-refractivity contribution in [2.24, 2.45) is 0 Å². The van der Waals surface area contributed by atoms with E-state index in [0.717, 1.165) is 4.90 Å². The van der Waals surface area contributed by atoms with Gasteiger partial charge in [0.15, 0.2) is 6.29 Å². The first-order valence-corrected chi connectivity index (χ1v) is 3.82. The summed E-state index contributed by atoms with van der Waals surface area (Å²) in [5.41, 5.74) is 0. The lowest BCUT2D eigenvalue weighted by molar-refractivity contribution is -0.136. The van der Waals surface area contributed by atoms with Crippen LogP contribution in [-0.4, -0.2) is 50.4 Å². The maximum Gasteiger partial charge on any atom is 0.324 e. The Balaban J connectivity index is 2.51.